The summed E-state index contributed by atoms with van der Waals surface area (Å²) in [7, 11) is 1.57. The smallest absolute Gasteiger partial charge is 0.280 e. The normalized spacial score (nSPS) is 14.6. The highest BCUT2D eigenvalue weighted by Gasteiger charge is 2.28. The number of carbonyl (C=O) groups is 1. The van der Waals surface area contributed by atoms with E-state index in [4.69, 9.17) is 21.1 Å². The summed E-state index contributed by atoms with van der Waals surface area (Å²) in [5.41, 5.74) is 5.99. The van der Waals surface area contributed by atoms with Gasteiger partial charge in [-0.05, 0) is 62.2 Å². The summed E-state index contributed by atoms with van der Waals surface area (Å²) in [4.78, 5) is 13.0. The highest BCUT2D eigenvalue weighted by Crippen LogP contribution is 2.38. The van der Waals surface area contributed by atoms with Crippen molar-refractivity contribution in [3.05, 3.63) is 93.5 Å². The van der Waals surface area contributed by atoms with Crippen molar-refractivity contribution in [1.29, 1.82) is 0 Å². The molecule has 0 fully saturated rings. The van der Waals surface area contributed by atoms with Crippen LogP contribution in [0.2, 0.25) is 5.02 Å². The quantitative estimate of drug-likeness (QED) is 0.403. The Balaban J connectivity index is 1.59. The largest absolute Gasteiger partial charge is 0.493 e. The predicted molar refractivity (Wildman–Crippen MR) is 133 cm³/mol. The number of carbonyl (C=O) groups excluding carboxylic acids is 1. The molecule has 0 spiro atoms. The molecule has 4 rings (SSSR count). The first-order valence-electron chi connectivity index (χ1n) is 10.6. The van der Waals surface area contributed by atoms with E-state index in [1.165, 1.54) is 16.1 Å². The first-order chi connectivity index (χ1) is 15.9. The fourth-order valence-corrected chi connectivity index (χ4v) is 4.14. The van der Waals surface area contributed by atoms with Gasteiger partial charge in [-0.2, -0.15) is 10.1 Å². The fourth-order valence-electron chi connectivity index (χ4n) is 3.87. The van der Waals surface area contributed by atoms with Crippen LogP contribution in [-0.2, 0) is 11.4 Å². The number of hydrogen-bond acceptors (Lipinski definition) is 4. The van der Waals surface area contributed by atoms with E-state index in [9.17, 15) is 4.79 Å². The summed E-state index contributed by atoms with van der Waals surface area (Å²) in [6.07, 6.45) is 1.77. The maximum absolute atomic E-state index is 13.0. The Bertz CT molecular complexity index is 1250. The van der Waals surface area contributed by atoms with Crippen LogP contribution in [0.1, 0.15) is 29.2 Å². The van der Waals surface area contributed by atoms with Crippen molar-refractivity contribution in [2.75, 3.05) is 12.1 Å². The first kappa shape index (κ1) is 22.6. The van der Waals surface area contributed by atoms with Crippen molar-refractivity contribution in [3.8, 4) is 11.5 Å². The maximum atomic E-state index is 13.0. The third-order valence-electron chi connectivity index (χ3n) is 5.29. The third-order valence-corrected chi connectivity index (χ3v) is 5.57. The summed E-state index contributed by atoms with van der Waals surface area (Å²) in [6.45, 7) is 6.30. The number of aryl methyl sites for hydroxylation is 2. The number of methoxy groups -OCH3 is 1. The molecular formula is C27H25ClN2O3. The molecule has 1 heterocycles. The third kappa shape index (κ3) is 4.94. The number of ether oxygens (including phenoxy) is 2. The number of anilines is 1. The molecule has 6 heteroatoms. The predicted octanol–water partition coefficient (Wildman–Crippen LogP) is 6.35. The number of hydrazone groups is 1. The van der Waals surface area contributed by atoms with Crippen molar-refractivity contribution in [2.45, 2.75) is 27.4 Å². The molecule has 5 nitrogen and oxygen atoms in total. The Morgan fingerprint density at radius 1 is 1.00 bits per heavy atom. The second-order valence-corrected chi connectivity index (χ2v) is 8.42. The van der Waals surface area contributed by atoms with Crippen LogP contribution in [0.5, 0.6) is 11.5 Å². The molecule has 0 radical (unpaired) electrons. The summed E-state index contributed by atoms with van der Waals surface area (Å²) >= 11 is 6.57. The van der Waals surface area contributed by atoms with Gasteiger partial charge in [0.15, 0.2) is 11.5 Å². The van der Waals surface area contributed by atoms with Crippen molar-refractivity contribution in [2.24, 2.45) is 5.10 Å². The molecule has 0 bridgehead atoms. The van der Waals surface area contributed by atoms with Crippen molar-refractivity contribution < 1.29 is 14.3 Å². The number of para-hydroxylation sites is 1. The first-order valence-corrected chi connectivity index (χ1v) is 11.0. The van der Waals surface area contributed by atoms with Crippen molar-refractivity contribution >= 4 is 35.0 Å². The van der Waals surface area contributed by atoms with E-state index in [1.54, 1.807) is 25.3 Å². The highest BCUT2D eigenvalue weighted by molar-refractivity contribution is 6.33. The van der Waals surface area contributed by atoms with Crippen molar-refractivity contribution in [1.82, 2.24) is 0 Å². The molecular weight excluding hydrogens is 436 g/mol. The van der Waals surface area contributed by atoms with Crippen LogP contribution in [0.3, 0.4) is 0 Å². The lowest BCUT2D eigenvalue weighted by Crippen LogP contribution is -2.21. The second kappa shape index (κ2) is 9.51. The number of benzene rings is 3. The van der Waals surface area contributed by atoms with Gasteiger partial charge in [-0.15, -0.1) is 0 Å². The molecule has 0 saturated heterocycles. The van der Waals surface area contributed by atoms with E-state index in [1.807, 2.05) is 37.3 Å². The fraction of sp³-hybridized carbons (Fsp3) is 0.185. The van der Waals surface area contributed by atoms with Gasteiger partial charge in [-0.1, -0.05) is 59.1 Å². The number of halogens is 1. The average molecular weight is 461 g/mol. The second-order valence-electron chi connectivity index (χ2n) is 8.01. The Labute approximate surface area is 198 Å². The average Bonchev–Trinajstić information content (AvgIpc) is 3.06. The van der Waals surface area contributed by atoms with E-state index in [2.05, 4.69) is 37.1 Å². The zero-order chi connectivity index (χ0) is 23.5. The van der Waals surface area contributed by atoms with Crippen LogP contribution in [0.4, 0.5) is 5.69 Å². The lowest BCUT2D eigenvalue weighted by atomic mass is 10.1. The minimum absolute atomic E-state index is 0.191. The topological polar surface area (TPSA) is 51.1 Å². The van der Waals surface area contributed by atoms with Crippen LogP contribution in [0.15, 0.2) is 71.3 Å². The summed E-state index contributed by atoms with van der Waals surface area (Å²) < 4.78 is 11.6. The standard InChI is InChI=1S/C27H25ClN2O3/c1-17-10-18(2)12-21(11-17)16-33-26-24(28)14-20(15-25(26)32-4)13-23-19(3)29-30(27(23)31)22-8-6-5-7-9-22/h5-15H,16H2,1-4H3/b23-13+. The number of amides is 1. The molecule has 33 heavy (non-hydrogen) atoms. The molecule has 0 aromatic heterocycles. The van der Waals surface area contributed by atoms with E-state index >= 15 is 0 Å². The molecule has 1 amide bonds. The van der Waals surface area contributed by atoms with Gasteiger partial charge in [-0.25, -0.2) is 0 Å². The maximum Gasteiger partial charge on any atom is 0.280 e. The monoisotopic (exact) mass is 460 g/mol. The molecule has 0 saturated carbocycles. The molecule has 0 N–H and O–H groups in total. The van der Waals surface area contributed by atoms with Gasteiger partial charge in [0.2, 0.25) is 0 Å². The van der Waals surface area contributed by atoms with Gasteiger partial charge in [0.1, 0.15) is 6.61 Å². The van der Waals surface area contributed by atoms with E-state index in [0.717, 1.165) is 16.8 Å². The highest BCUT2D eigenvalue weighted by atomic mass is 35.5. The lowest BCUT2D eigenvalue weighted by Gasteiger charge is -2.14. The van der Waals surface area contributed by atoms with Gasteiger partial charge < -0.3 is 9.47 Å². The van der Waals surface area contributed by atoms with Crippen LogP contribution in [0.25, 0.3) is 6.08 Å². The lowest BCUT2D eigenvalue weighted by molar-refractivity contribution is -0.114. The molecule has 0 unspecified atom stereocenters. The molecule has 0 atom stereocenters. The Kier molecular flexibility index (Phi) is 6.52. The van der Waals surface area contributed by atoms with Crippen molar-refractivity contribution in [3.63, 3.8) is 0 Å². The molecule has 1 aliphatic heterocycles. The molecule has 168 valence electrons. The summed E-state index contributed by atoms with van der Waals surface area (Å²) in [6, 6.07) is 19.2. The van der Waals surface area contributed by atoms with E-state index in [0.29, 0.717) is 34.4 Å². The van der Waals surface area contributed by atoms with Gasteiger partial charge in [0.05, 0.1) is 29.1 Å². The molecule has 3 aromatic carbocycles. The number of hydrogen-bond donors (Lipinski definition) is 0. The molecule has 3 aromatic rings. The SMILES string of the molecule is COc1cc(/C=C2/C(=O)N(c3ccccc3)N=C2C)cc(Cl)c1OCc1cc(C)cc(C)c1. The van der Waals surface area contributed by atoms with E-state index in [-0.39, 0.29) is 5.91 Å². The summed E-state index contributed by atoms with van der Waals surface area (Å²) in [5, 5.41) is 6.23. The number of nitrogens with zero attached hydrogens (tertiary/aromatic N) is 2. The molecule has 1 aliphatic rings. The molecule has 0 aliphatic carbocycles. The van der Waals surface area contributed by atoms with Gasteiger partial charge in [0, 0.05) is 0 Å². The van der Waals surface area contributed by atoms with Crippen LogP contribution in [0, 0.1) is 13.8 Å². The zero-order valence-corrected chi connectivity index (χ0v) is 19.8. The zero-order valence-electron chi connectivity index (χ0n) is 19.1. The van der Waals surface area contributed by atoms with Gasteiger partial charge in [0.25, 0.3) is 5.91 Å². The Hall–Kier alpha value is -3.57. The Morgan fingerprint density at radius 3 is 2.36 bits per heavy atom. The van der Waals surface area contributed by atoms with E-state index < -0.39 is 0 Å². The summed E-state index contributed by atoms with van der Waals surface area (Å²) in [5.74, 6) is 0.775. The van der Waals surface area contributed by atoms with Gasteiger partial charge >= 0.3 is 0 Å². The number of rotatable bonds is 6. The Morgan fingerprint density at radius 2 is 1.70 bits per heavy atom. The minimum Gasteiger partial charge on any atom is -0.493 e. The van der Waals surface area contributed by atoms with Gasteiger partial charge in [-0.3, -0.25) is 4.79 Å². The van der Waals surface area contributed by atoms with Crippen LogP contribution in [-0.4, -0.2) is 18.7 Å². The van der Waals surface area contributed by atoms with Crippen LogP contribution < -0.4 is 14.5 Å². The van der Waals surface area contributed by atoms with Crippen LogP contribution >= 0.6 is 11.6 Å². The minimum atomic E-state index is -0.191.